The lowest BCUT2D eigenvalue weighted by molar-refractivity contribution is -0.142. The molecular weight excluding hydrogens is 588 g/mol. The van der Waals surface area contributed by atoms with Gasteiger partial charge in [0.05, 0.1) is 6.04 Å². The Kier molecular flexibility index (Phi) is 12.0. The molecule has 4 amide bonds. The number of para-hydroxylation sites is 1. The van der Waals surface area contributed by atoms with E-state index in [4.69, 9.17) is 16.6 Å². The highest BCUT2D eigenvalue weighted by Gasteiger charge is 2.31. The Hall–Kier alpha value is -5.44. The fourth-order valence-electron chi connectivity index (χ4n) is 4.59. The van der Waals surface area contributed by atoms with E-state index < -0.39 is 59.7 Å². The van der Waals surface area contributed by atoms with E-state index in [1.807, 2.05) is 12.1 Å². The van der Waals surface area contributed by atoms with E-state index in [0.717, 1.165) is 10.9 Å². The molecule has 0 radical (unpaired) electrons. The number of nitrogens with one attached hydrogen (secondary N) is 4. The molecule has 15 nitrogen and oxygen atoms in total. The van der Waals surface area contributed by atoms with Gasteiger partial charge >= 0.3 is 11.9 Å². The zero-order valence-electron chi connectivity index (χ0n) is 24.2. The van der Waals surface area contributed by atoms with Crippen molar-refractivity contribution in [2.45, 2.75) is 62.7 Å². The Labute approximate surface area is 257 Å². The number of hydrogen-bond acceptors (Lipinski definition) is 8. The van der Waals surface area contributed by atoms with Crippen LogP contribution in [0.2, 0.25) is 0 Å². The maximum Gasteiger partial charge on any atom is 0.326 e. The van der Waals surface area contributed by atoms with Crippen LogP contribution in [0, 0.1) is 0 Å². The van der Waals surface area contributed by atoms with E-state index in [1.165, 1.54) is 24.3 Å². The maximum atomic E-state index is 13.5. The number of aliphatic carboxylic acids is 2. The van der Waals surface area contributed by atoms with Crippen LogP contribution in [-0.4, -0.2) is 80.0 Å². The molecule has 3 aromatic rings. The SMILES string of the molecule is NC(=O)CCC(NC(=O)C(Cc1ccc(O)cc1)NC(=O)C(N)CCC(=O)O)C(=O)NC(Cc1c[nH]c2ccccc12)C(=O)O. The number of rotatable bonds is 17. The van der Waals surface area contributed by atoms with Crippen LogP contribution in [0.15, 0.2) is 54.7 Å². The van der Waals surface area contributed by atoms with Crippen molar-refractivity contribution in [1.29, 1.82) is 0 Å². The first kappa shape index (κ1) is 34.1. The van der Waals surface area contributed by atoms with Gasteiger partial charge in [0.1, 0.15) is 23.9 Å². The van der Waals surface area contributed by atoms with Crippen LogP contribution in [0.5, 0.6) is 5.75 Å². The van der Waals surface area contributed by atoms with Gasteiger partial charge in [0, 0.05) is 42.8 Å². The summed E-state index contributed by atoms with van der Waals surface area (Å²) in [6.07, 6.45) is 0.240. The van der Waals surface area contributed by atoms with Crippen LogP contribution in [-0.2, 0) is 41.6 Å². The summed E-state index contributed by atoms with van der Waals surface area (Å²) in [6, 6.07) is 7.55. The van der Waals surface area contributed by atoms with E-state index in [1.54, 1.807) is 18.3 Å². The van der Waals surface area contributed by atoms with Gasteiger partial charge < -0.3 is 47.7 Å². The summed E-state index contributed by atoms with van der Waals surface area (Å²) < 4.78 is 0. The summed E-state index contributed by atoms with van der Waals surface area (Å²) in [5, 5.41) is 36.5. The van der Waals surface area contributed by atoms with Gasteiger partial charge in [-0.2, -0.15) is 0 Å². The molecule has 0 saturated heterocycles. The number of benzene rings is 2. The molecule has 0 fully saturated rings. The number of hydrogen-bond donors (Lipinski definition) is 9. The molecule has 0 spiro atoms. The van der Waals surface area contributed by atoms with E-state index in [2.05, 4.69) is 20.9 Å². The van der Waals surface area contributed by atoms with Crippen LogP contribution >= 0.6 is 0 Å². The van der Waals surface area contributed by atoms with Gasteiger partial charge in [-0.15, -0.1) is 0 Å². The number of aromatic nitrogens is 1. The van der Waals surface area contributed by atoms with Crippen molar-refractivity contribution in [3.05, 3.63) is 65.9 Å². The second-order valence-corrected chi connectivity index (χ2v) is 10.5. The predicted octanol–water partition coefficient (Wildman–Crippen LogP) is -0.345. The van der Waals surface area contributed by atoms with Crippen molar-refractivity contribution in [3.8, 4) is 5.75 Å². The first-order valence-electron chi connectivity index (χ1n) is 14.1. The molecule has 0 saturated carbocycles. The highest BCUT2D eigenvalue weighted by Crippen LogP contribution is 2.19. The van der Waals surface area contributed by atoms with Crippen LogP contribution in [0.1, 0.15) is 36.8 Å². The first-order chi connectivity index (χ1) is 21.3. The molecule has 240 valence electrons. The Morgan fingerprint density at radius 3 is 2.02 bits per heavy atom. The van der Waals surface area contributed by atoms with Gasteiger partial charge in [0.2, 0.25) is 23.6 Å². The second kappa shape index (κ2) is 15.9. The van der Waals surface area contributed by atoms with Gasteiger partial charge in [-0.25, -0.2) is 4.79 Å². The van der Waals surface area contributed by atoms with E-state index in [-0.39, 0.29) is 44.3 Å². The minimum atomic E-state index is -1.42. The van der Waals surface area contributed by atoms with Gasteiger partial charge in [0.25, 0.3) is 0 Å². The fraction of sp³-hybridized carbons (Fsp3) is 0.333. The number of H-pyrrole nitrogens is 1. The van der Waals surface area contributed by atoms with Gasteiger partial charge in [-0.3, -0.25) is 24.0 Å². The van der Waals surface area contributed by atoms with Crippen molar-refractivity contribution < 1.29 is 44.1 Å². The third kappa shape index (κ3) is 10.4. The van der Waals surface area contributed by atoms with Crippen molar-refractivity contribution in [1.82, 2.24) is 20.9 Å². The van der Waals surface area contributed by atoms with Crippen molar-refractivity contribution in [2.24, 2.45) is 11.5 Å². The smallest absolute Gasteiger partial charge is 0.326 e. The van der Waals surface area contributed by atoms with E-state index in [0.29, 0.717) is 11.1 Å². The molecule has 3 rings (SSSR count). The third-order valence-corrected chi connectivity index (χ3v) is 7.04. The van der Waals surface area contributed by atoms with Crippen molar-refractivity contribution in [3.63, 3.8) is 0 Å². The number of phenols is 1. The number of aromatic hydroxyl groups is 1. The second-order valence-electron chi connectivity index (χ2n) is 10.5. The van der Waals surface area contributed by atoms with Gasteiger partial charge in [-0.05, 0) is 42.2 Å². The predicted molar refractivity (Wildman–Crippen MR) is 161 cm³/mol. The lowest BCUT2D eigenvalue weighted by atomic mass is 10.0. The molecule has 1 aromatic heterocycles. The number of carboxylic acids is 2. The fourth-order valence-corrected chi connectivity index (χ4v) is 4.59. The Morgan fingerprint density at radius 2 is 1.38 bits per heavy atom. The monoisotopic (exact) mass is 624 g/mol. The number of amides is 4. The Morgan fingerprint density at radius 1 is 0.756 bits per heavy atom. The lowest BCUT2D eigenvalue weighted by Gasteiger charge is -2.25. The topological polar surface area (TPSA) is 267 Å². The summed E-state index contributed by atoms with van der Waals surface area (Å²) in [5.41, 5.74) is 13.0. The number of phenolic OH excluding ortho intramolecular Hbond substituents is 1. The third-order valence-electron chi connectivity index (χ3n) is 7.04. The van der Waals surface area contributed by atoms with Gasteiger partial charge in [0.15, 0.2) is 0 Å². The molecule has 0 aliphatic rings. The van der Waals surface area contributed by atoms with Crippen LogP contribution in [0.25, 0.3) is 10.9 Å². The van der Waals surface area contributed by atoms with Crippen molar-refractivity contribution in [2.75, 3.05) is 0 Å². The van der Waals surface area contributed by atoms with Crippen LogP contribution < -0.4 is 27.4 Å². The first-order valence-corrected chi connectivity index (χ1v) is 14.1. The summed E-state index contributed by atoms with van der Waals surface area (Å²) in [5.74, 6) is -5.89. The number of nitrogens with two attached hydrogens (primary N) is 2. The molecule has 11 N–H and O–H groups in total. The summed E-state index contributed by atoms with van der Waals surface area (Å²) in [7, 11) is 0. The van der Waals surface area contributed by atoms with Crippen LogP contribution in [0.3, 0.4) is 0 Å². The minimum absolute atomic E-state index is 0.0386. The quantitative estimate of drug-likeness (QED) is 0.0942. The molecule has 45 heavy (non-hydrogen) atoms. The minimum Gasteiger partial charge on any atom is -0.508 e. The molecule has 1 heterocycles. The number of carbonyl (C=O) groups is 6. The average molecular weight is 625 g/mol. The molecule has 0 aliphatic carbocycles. The molecule has 4 unspecified atom stereocenters. The largest absolute Gasteiger partial charge is 0.508 e. The summed E-state index contributed by atoms with van der Waals surface area (Å²) >= 11 is 0. The maximum absolute atomic E-state index is 13.5. The molecule has 0 aliphatic heterocycles. The molecule has 0 bridgehead atoms. The molecule has 2 aromatic carbocycles. The molecule has 15 heteroatoms. The number of carbonyl (C=O) groups excluding carboxylic acids is 4. The number of fused-ring (bicyclic) bond motifs is 1. The number of carboxylic acid groups (broad SMARTS) is 2. The van der Waals surface area contributed by atoms with E-state index in [9.17, 15) is 39.0 Å². The Balaban J connectivity index is 1.80. The zero-order chi connectivity index (χ0) is 33.1. The Bertz CT molecular complexity index is 1540. The average Bonchev–Trinajstić information content (AvgIpc) is 3.40. The van der Waals surface area contributed by atoms with Crippen molar-refractivity contribution >= 4 is 46.5 Å². The lowest BCUT2D eigenvalue weighted by Crippen LogP contribution is -2.58. The zero-order valence-corrected chi connectivity index (χ0v) is 24.2. The number of aromatic amines is 1. The van der Waals surface area contributed by atoms with Crippen LogP contribution in [0.4, 0.5) is 0 Å². The highest BCUT2D eigenvalue weighted by atomic mass is 16.4. The van der Waals surface area contributed by atoms with Gasteiger partial charge in [-0.1, -0.05) is 30.3 Å². The molecule has 4 atom stereocenters. The molecular formula is C30H36N6O9. The highest BCUT2D eigenvalue weighted by molar-refractivity contribution is 5.95. The standard InChI is InChI=1S/C30H36N6O9/c31-20(9-12-26(39)40)27(41)35-23(13-16-5-7-18(37)8-6-16)29(43)34-22(10-11-25(32)38)28(42)36-24(30(44)45)14-17-15-33-21-4-2-1-3-19(17)21/h1-8,15,20,22-24,33,37H,9-14,31H2,(H2,32,38)(H,34,43)(H,35,41)(H,36,42)(H,39,40)(H,44,45). The normalized spacial score (nSPS) is 13.6. The van der Waals surface area contributed by atoms with E-state index >= 15 is 0 Å². The number of primary amides is 1. The summed E-state index contributed by atoms with van der Waals surface area (Å²) in [6.45, 7) is 0. The summed E-state index contributed by atoms with van der Waals surface area (Å²) in [4.78, 5) is 77.2.